The van der Waals surface area contributed by atoms with Crippen molar-refractivity contribution in [2.75, 3.05) is 0 Å². The summed E-state index contributed by atoms with van der Waals surface area (Å²) < 4.78 is 3.13. The van der Waals surface area contributed by atoms with Gasteiger partial charge in [-0.2, -0.15) is 5.10 Å². The van der Waals surface area contributed by atoms with Gasteiger partial charge in [0.2, 0.25) is 0 Å². The third-order valence-corrected chi connectivity index (χ3v) is 4.12. The Morgan fingerprint density at radius 2 is 1.91 bits per heavy atom. The average molecular weight is 403 g/mol. The van der Waals surface area contributed by atoms with Crippen molar-refractivity contribution in [2.45, 2.75) is 0 Å². The zero-order chi connectivity index (χ0) is 15.5. The molecule has 1 amide bonds. The van der Waals surface area contributed by atoms with E-state index < -0.39 is 0 Å². The van der Waals surface area contributed by atoms with Crippen LogP contribution >= 0.6 is 22.6 Å². The molecule has 1 heterocycles. The van der Waals surface area contributed by atoms with Gasteiger partial charge in [0.1, 0.15) is 0 Å². The molecule has 22 heavy (non-hydrogen) atoms. The van der Waals surface area contributed by atoms with Crippen LogP contribution in [0.25, 0.3) is 10.9 Å². The number of hydrogen-bond donors (Lipinski definition) is 1. The molecule has 0 saturated carbocycles. The van der Waals surface area contributed by atoms with Gasteiger partial charge in [-0.25, -0.2) is 5.43 Å². The van der Waals surface area contributed by atoms with Crippen LogP contribution in [0.15, 0.2) is 59.8 Å². The van der Waals surface area contributed by atoms with Crippen LogP contribution in [0.5, 0.6) is 0 Å². The van der Waals surface area contributed by atoms with Crippen molar-refractivity contribution >= 4 is 45.6 Å². The zero-order valence-electron chi connectivity index (χ0n) is 12.0. The number of amides is 1. The Morgan fingerprint density at radius 1 is 1.18 bits per heavy atom. The molecule has 2 aromatic carbocycles. The molecule has 1 aromatic heterocycles. The number of halogens is 1. The molecule has 0 aliphatic rings. The topological polar surface area (TPSA) is 46.4 Å². The summed E-state index contributed by atoms with van der Waals surface area (Å²) in [5.41, 5.74) is 5.26. The maximum absolute atomic E-state index is 12.0. The molecule has 0 bridgehead atoms. The van der Waals surface area contributed by atoms with Crippen LogP contribution in [-0.4, -0.2) is 16.7 Å². The first kappa shape index (κ1) is 14.8. The van der Waals surface area contributed by atoms with Crippen molar-refractivity contribution in [1.82, 2.24) is 9.99 Å². The lowest BCUT2D eigenvalue weighted by molar-refractivity contribution is 0.0955. The van der Waals surface area contributed by atoms with Crippen LogP contribution in [0, 0.1) is 3.57 Å². The normalized spacial score (nSPS) is 11.2. The van der Waals surface area contributed by atoms with Gasteiger partial charge < -0.3 is 4.57 Å². The second kappa shape index (κ2) is 6.31. The molecule has 0 saturated heterocycles. The number of aromatic nitrogens is 1. The van der Waals surface area contributed by atoms with Gasteiger partial charge in [-0.15, -0.1) is 0 Å². The number of para-hydroxylation sites is 1. The Morgan fingerprint density at radius 3 is 2.68 bits per heavy atom. The van der Waals surface area contributed by atoms with Crippen LogP contribution in [0.2, 0.25) is 0 Å². The van der Waals surface area contributed by atoms with Crippen LogP contribution in [0.4, 0.5) is 0 Å². The second-order valence-electron chi connectivity index (χ2n) is 4.92. The minimum Gasteiger partial charge on any atom is -0.350 e. The maximum Gasteiger partial charge on any atom is 0.271 e. The third-order valence-electron chi connectivity index (χ3n) is 3.40. The van der Waals surface area contributed by atoms with Crippen molar-refractivity contribution in [2.24, 2.45) is 12.1 Å². The number of aryl methyl sites for hydroxylation is 1. The summed E-state index contributed by atoms with van der Waals surface area (Å²) in [5, 5.41) is 5.17. The van der Waals surface area contributed by atoms with Gasteiger partial charge in [0, 0.05) is 38.8 Å². The van der Waals surface area contributed by atoms with Gasteiger partial charge in [-0.1, -0.05) is 18.2 Å². The molecule has 0 atom stereocenters. The summed E-state index contributed by atoms with van der Waals surface area (Å²) in [6.07, 6.45) is 3.66. The van der Waals surface area contributed by atoms with Crippen LogP contribution in [0.3, 0.4) is 0 Å². The van der Waals surface area contributed by atoms with Crippen molar-refractivity contribution in [3.8, 4) is 0 Å². The van der Waals surface area contributed by atoms with E-state index >= 15 is 0 Å². The fourth-order valence-corrected chi connectivity index (χ4v) is 2.66. The van der Waals surface area contributed by atoms with E-state index in [0.717, 1.165) is 20.0 Å². The van der Waals surface area contributed by atoms with E-state index in [1.165, 1.54) is 0 Å². The number of benzene rings is 2. The molecule has 0 aliphatic heterocycles. The summed E-state index contributed by atoms with van der Waals surface area (Å²) >= 11 is 2.20. The lowest BCUT2D eigenvalue weighted by atomic mass is 10.2. The third kappa shape index (κ3) is 3.04. The average Bonchev–Trinajstić information content (AvgIpc) is 2.85. The van der Waals surface area contributed by atoms with Crippen LogP contribution in [-0.2, 0) is 7.05 Å². The van der Waals surface area contributed by atoms with Crippen LogP contribution in [0.1, 0.15) is 15.9 Å². The number of rotatable bonds is 3. The number of hydrazone groups is 1. The molecular formula is C17H14IN3O. The molecule has 0 fully saturated rings. The fourth-order valence-electron chi connectivity index (χ4n) is 2.30. The van der Waals surface area contributed by atoms with E-state index in [1.807, 2.05) is 48.1 Å². The van der Waals surface area contributed by atoms with E-state index in [-0.39, 0.29) is 5.91 Å². The zero-order valence-corrected chi connectivity index (χ0v) is 14.1. The summed E-state index contributed by atoms with van der Waals surface area (Å²) in [6, 6.07) is 15.4. The lowest BCUT2D eigenvalue weighted by Gasteiger charge is -1.99. The van der Waals surface area contributed by atoms with Crippen molar-refractivity contribution in [1.29, 1.82) is 0 Å². The Hall–Kier alpha value is -2.15. The fraction of sp³-hybridized carbons (Fsp3) is 0.0588. The van der Waals surface area contributed by atoms with Gasteiger partial charge >= 0.3 is 0 Å². The Balaban J connectivity index is 1.76. The lowest BCUT2D eigenvalue weighted by Crippen LogP contribution is -2.17. The predicted octanol–water partition coefficient (Wildman–Crippen LogP) is 3.55. The molecule has 3 rings (SSSR count). The number of fused-ring (bicyclic) bond motifs is 1. The smallest absolute Gasteiger partial charge is 0.271 e. The number of nitrogens with one attached hydrogen (secondary N) is 1. The summed E-state index contributed by atoms with van der Waals surface area (Å²) in [4.78, 5) is 12.0. The number of carbonyl (C=O) groups excluding carboxylic acids is 1. The van der Waals surface area contributed by atoms with Gasteiger partial charge in [-0.3, -0.25) is 4.79 Å². The summed E-state index contributed by atoms with van der Waals surface area (Å²) in [7, 11) is 1.99. The van der Waals surface area contributed by atoms with E-state index in [9.17, 15) is 4.79 Å². The minimum absolute atomic E-state index is 0.215. The minimum atomic E-state index is -0.215. The van der Waals surface area contributed by atoms with E-state index in [2.05, 4.69) is 39.2 Å². The highest BCUT2D eigenvalue weighted by atomic mass is 127. The summed E-state index contributed by atoms with van der Waals surface area (Å²) in [6.45, 7) is 0. The number of nitrogens with zero attached hydrogens (tertiary/aromatic N) is 2. The van der Waals surface area contributed by atoms with Gasteiger partial charge in [0.15, 0.2) is 0 Å². The molecule has 0 radical (unpaired) electrons. The molecule has 0 unspecified atom stereocenters. The number of carbonyl (C=O) groups is 1. The van der Waals surface area contributed by atoms with Crippen molar-refractivity contribution in [3.63, 3.8) is 0 Å². The first-order valence-electron chi connectivity index (χ1n) is 6.78. The van der Waals surface area contributed by atoms with Crippen molar-refractivity contribution < 1.29 is 4.79 Å². The first-order valence-corrected chi connectivity index (χ1v) is 7.86. The van der Waals surface area contributed by atoms with E-state index in [4.69, 9.17) is 0 Å². The summed E-state index contributed by atoms with van der Waals surface area (Å²) in [5.74, 6) is -0.215. The van der Waals surface area contributed by atoms with Gasteiger partial charge in [0.25, 0.3) is 5.91 Å². The highest BCUT2D eigenvalue weighted by Gasteiger charge is 2.05. The quantitative estimate of drug-likeness (QED) is 0.406. The molecule has 3 aromatic rings. The highest BCUT2D eigenvalue weighted by Crippen LogP contribution is 2.18. The Kier molecular flexibility index (Phi) is 4.24. The van der Waals surface area contributed by atoms with E-state index in [0.29, 0.717) is 5.56 Å². The van der Waals surface area contributed by atoms with Crippen LogP contribution < -0.4 is 5.43 Å². The number of hydrogen-bond acceptors (Lipinski definition) is 2. The molecule has 0 aliphatic carbocycles. The maximum atomic E-state index is 12.0. The van der Waals surface area contributed by atoms with Gasteiger partial charge in [-0.05, 0) is 52.9 Å². The SMILES string of the molecule is Cn1cc(/C=N/NC(=O)c2ccc(I)cc2)c2ccccc21. The largest absolute Gasteiger partial charge is 0.350 e. The monoisotopic (exact) mass is 403 g/mol. The first-order chi connectivity index (χ1) is 10.6. The molecule has 1 N–H and O–H groups in total. The molecule has 110 valence electrons. The predicted molar refractivity (Wildman–Crippen MR) is 97.1 cm³/mol. The molecular weight excluding hydrogens is 389 g/mol. The Bertz CT molecular complexity index is 850. The standard InChI is InChI=1S/C17H14IN3O/c1-21-11-13(15-4-2-3-5-16(15)21)10-19-20-17(22)12-6-8-14(18)9-7-12/h2-11H,1H3,(H,20,22)/b19-10+. The molecule has 5 heteroatoms. The highest BCUT2D eigenvalue weighted by molar-refractivity contribution is 14.1. The Labute approximate surface area is 142 Å². The second-order valence-corrected chi connectivity index (χ2v) is 6.16. The van der Waals surface area contributed by atoms with Gasteiger partial charge in [0.05, 0.1) is 6.21 Å². The van der Waals surface area contributed by atoms with Crippen molar-refractivity contribution in [3.05, 3.63) is 69.4 Å². The van der Waals surface area contributed by atoms with E-state index in [1.54, 1.807) is 18.3 Å². The molecule has 0 spiro atoms. The molecule has 4 nitrogen and oxygen atoms in total.